The minimum atomic E-state index is -3.54. The maximum Gasteiger partial charge on any atom is 0.244 e. The zero-order chi connectivity index (χ0) is 14.2. The molecular weight excluding hydrogens is 305 g/mol. The summed E-state index contributed by atoms with van der Waals surface area (Å²) in [7, 11) is -3.54. The first kappa shape index (κ1) is 15.1. The molecule has 1 aliphatic heterocycles. The molecule has 0 amide bonds. The van der Waals surface area contributed by atoms with E-state index in [2.05, 4.69) is 6.92 Å². The summed E-state index contributed by atoms with van der Waals surface area (Å²) in [6.45, 7) is 4.54. The average Bonchev–Trinajstić information content (AvgIpc) is 2.69. The van der Waals surface area contributed by atoms with Gasteiger partial charge in [0.05, 0.1) is 5.02 Å². The number of hydrogen-bond acceptors (Lipinski definition) is 2. The van der Waals surface area contributed by atoms with E-state index in [-0.39, 0.29) is 21.8 Å². The average molecular weight is 322 g/mol. The Labute approximate surface area is 124 Å². The molecule has 3 nitrogen and oxygen atoms in total. The van der Waals surface area contributed by atoms with Crippen molar-refractivity contribution in [3.8, 4) is 0 Å². The van der Waals surface area contributed by atoms with Gasteiger partial charge in [-0.25, -0.2) is 8.42 Å². The number of rotatable bonds is 3. The fourth-order valence-electron chi connectivity index (χ4n) is 2.55. The molecule has 106 valence electrons. The molecular formula is C13H17Cl2NO2S. The quantitative estimate of drug-likeness (QED) is 0.799. The van der Waals surface area contributed by atoms with Crippen molar-refractivity contribution < 1.29 is 8.42 Å². The zero-order valence-electron chi connectivity index (χ0n) is 10.9. The first-order valence-corrected chi connectivity index (χ1v) is 8.57. The lowest BCUT2D eigenvalue weighted by Crippen LogP contribution is -2.34. The summed E-state index contributed by atoms with van der Waals surface area (Å²) in [5, 5.41) is 0.251. The Hall–Kier alpha value is -0.290. The summed E-state index contributed by atoms with van der Waals surface area (Å²) in [6, 6.07) is 4.91. The van der Waals surface area contributed by atoms with Crippen molar-refractivity contribution >= 4 is 33.2 Å². The summed E-state index contributed by atoms with van der Waals surface area (Å²) in [5.41, 5.74) is 0.754. The van der Waals surface area contributed by atoms with Crippen LogP contribution in [0.3, 0.4) is 0 Å². The van der Waals surface area contributed by atoms with Crippen molar-refractivity contribution in [2.24, 2.45) is 5.92 Å². The van der Waals surface area contributed by atoms with Crippen molar-refractivity contribution in [1.29, 1.82) is 0 Å². The predicted octanol–water partition coefficient (Wildman–Crippen LogP) is 3.50. The van der Waals surface area contributed by atoms with Gasteiger partial charge in [0.1, 0.15) is 4.90 Å². The normalized spacial score (nSPS) is 24.8. The molecule has 2 atom stereocenters. The van der Waals surface area contributed by atoms with Crippen molar-refractivity contribution in [1.82, 2.24) is 4.31 Å². The van der Waals surface area contributed by atoms with E-state index >= 15 is 0 Å². The Morgan fingerprint density at radius 2 is 2.05 bits per heavy atom. The molecule has 1 heterocycles. The molecule has 0 radical (unpaired) electrons. The molecule has 1 saturated heterocycles. The third kappa shape index (κ3) is 2.92. The summed E-state index contributed by atoms with van der Waals surface area (Å²) >= 11 is 11.8. The molecule has 19 heavy (non-hydrogen) atoms. The Balaban J connectivity index is 2.45. The van der Waals surface area contributed by atoms with Gasteiger partial charge >= 0.3 is 0 Å². The highest BCUT2D eigenvalue weighted by Gasteiger charge is 2.37. The molecule has 0 spiro atoms. The van der Waals surface area contributed by atoms with E-state index in [4.69, 9.17) is 23.2 Å². The molecule has 0 aromatic heterocycles. The molecule has 2 rings (SSSR count). The van der Waals surface area contributed by atoms with E-state index in [1.807, 2.05) is 6.92 Å². The first-order valence-electron chi connectivity index (χ1n) is 6.22. The van der Waals surface area contributed by atoms with Crippen LogP contribution in [0.2, 0.25) is 5.02 Å². The van der Waals surface area contributed by atoms with Gasteiger partial charge < -0.3 is 0 Å². The molecule has 0 N–H and O–H groups in total. The topological polar surface area (TPSA) is 37.4 Å². The fraction of sp³-hybridized carbons (Fsp3) is 0.538. The van der Waals surface area contributed by atoms with Crippen LogP contribution in [0.4, 0.5) is 0 Å². The number of sulfonamides is 1. The van der Waals surface area contributed by atoms with Gasteiger partial charge in [-0.15, -0.1) is 11.6 Å². The van der Waals surface area contributed by atoms with Crippen LogP contribution in [-0.2, 0) is 15.9 Å². The Morgan fingerprint density at radius 3 is 2.58 bits per heavy atom. The summed E-state index contributed by atoms with van der Waals surface area (Å²) < 4.78 is 26.9. The molecule has 1 aromatic rings. The lowest BCUT2D eigenvalue weighted by Gasteiger charge is -2.22. The largest absolute Gasteiger partial charge is 0.244 e. The number of hydrogen-bond donors (Lipinski definition) is 0. The van der Waals surface area contributed by atoms with Crippen molar-refractivity contribution in [3.05, 3.63) is 28.8 Å². The number of halogens is 2. The van der Waals surface area contributed by atoms with E-state index < -0.39 is 10.0 Å². The van der Waals surface area contributed by atoms with Crippen LogP contribution in [0.5, 0.6) is 0 Å². The van der Waals surface area contributed by atoms with Crippen LogP contribution in [0.15, 0.2) is 23.1 Å². The van der Waals surface area contributed by atoms with E-state index in [0.29, 0.717) is 12.5 Å². The van der Waals surface area contributed by atoms with Gasteiger partial charge in [-0.3, -0.25) is 0 Å². The van der Waals surface area contributed by atoms with Gasteiger partial charge in [0.2, 0.25) is 10.0 Å². The zero-order valence-corrected chi connectivity index (χ0v) is 13.3. The van der Waals surface area contributed by atoms with Gasteiger partial charge in [0.25, 0.3) is 0 Å². The molecule has 1 aliphatic rings. The van der Waals surface area contributed by atoms with Crippen molar-refractivity contribution in [2.45, 2.75) is 37.1 Å². The lowest BCUT2D eigenvalue weighted by atomic mass is 10.1. The summed E-state index contributed by atoms with van der Waals surface area (Å²) in [5.74, 6) is 0.644. The van der Waals surface area contributed by atoms with Gasteiger partial charge in [0.15, 0.2) is 0 Å². The van der Waals surface area contributed by atoms with Crippen molar-refractivity contribution in [2.75, 3.05) is 6.54 Å². The molecule has 6 heteroatoms. The van der Waals surface area contributed by atoms with Gasteiger partial charge in [-0.1, -0.05) is 24.6 Å². The molecule has 1 aromatic carbocycles. The van der Waals surface area contributed by atoms with Crippen LogP contribution < -0.4 is 0 Å². The smallest absolute Gasteiger partial charge is 0.207 e. The molecule has 0 bridgehead atoms. The maximum atomic E-state index is 12.7. The molecule has 0 saturated carbocycles. The molecule has 2 unspecified atom stereocenters. The summed E-state index contributed by atoms with van der Waals surface area (Å²) in [4.78, 5) is 0.160. The second-order valence-electron chi connectivity index (χ2n) is 5.16. The van der Waals surface area contributed by atoms with E-state index in [1.165, 1.54) is 4.31 Å². The van der Waals surface area contributed by atoms with Crippen LogP contribution >= 0.6 is 23.2 Å². The van der Waals surface area contributed by atoms with E-state index in [0.717, 1.165) is 12.0 Å². The van der Waals surface area contributed by atoms with E-state index in [9.17, 15) is 8.42 Å². The SMILES string of the molecule is CC1CC(C)N(S(=O)(=O)c2cc(CCl)ccc2Cl)C1. The van der Waals surface area contributed by atoms with Gasteiger partial charge in [0, 0.05) is 18.5 Å². The molecule has 0 aliphatic carbocycles. The number of benzene rings is 1. The highest BCUT2D eigenvalue weighted by Crippen LogP contribution is 2.32. The van der Waals surface area contributed by atoms with Gasteiger partial charge in [-0.2, -0.15) is 4.31 Å². The second kappa shape index (κ2) is 5.60. The lowest BCUT2D eigenvalue weighted by molar-refractivity contribution is 0.405. The third-order valence-electron chi connectivity index (χ3n) is 3.46. The van der Waals surface area contributed by atoms with Crippen molar-refractivity contribution in [3.63, 3.8) is 0 Å². The Morgan fingerprint density at radius 1 is 1.37 bits per heavy atom. The summed E-state index contributed by atoms with van der Waals surface area (Å²) in [6.07, 6.45) is 0.881. The number of alkyl halides is 1. The maximum absolute atomic E-state index is 12.7. The van der Waals surface area contributed by atoms with Crippen LogP contribution in [-0.4, -0.2) is 25.3 Å². The number of nitrogens with zero attached hydrogens (tertiary/aromatic N) is 1. The first-order chi connectivity index (χ1) is 8.86. The highest BCUT2D eigenvalue weighted by molar-refractivity contribution is 7.89. The Kier molecular flexibility index (Phi) is 4.45. The standard InChI is InChI=1S/C13H17Cl2NO2S/c1-9-5-10(2)16(8-9)19(17,18)13-6-11(7-14)3-4-12(13)15/h3-4,6,9-10H,5,7-8H2,1-2H3. The second-order valence-corrected chi connectivity index (χ2v) is 7.70. The third-order valence-corrected chi connectivity index (χ3v) is 6.23. The predicted molar refractivity (Wildman–Crippen MR) is 78.1 cm³/mol. The molecule has 1 fully saturated rings. The monoisotopic (exact) mass is 321 g/mol. The highest BCUT2D eigenvalue weighted by atomic mass is 35.5. The van der Waals surface area contributed by atoms with Crippen LogP contribution in [0.1, 0.15) is 25.8 Å². The Bertz CT molecular complexity index is 574. The van der Waals surface area contributed by atoms with E-state index in [1.54, 1.807) is 18.2 Å². The van der Waals surface area contributed by atoms with Gasteiger partial charge in [-0.05, 0) is 37.0 Å². The van der Waals surface area contributed by atoms with Crippen LogP contribution in [0, 0.1) is 5.92 Å². The minimum Gasteiger partial charge on any atom is -0.207 e. The fourth-order valence-corrected chi connectivity index (χ4v) is 5.01. The van der Waals surface area contributed by atoms with Crippen LogP contribution in [0.25, 0.3) is 0 Å². The minimum absolute atomic E-state index is 0.00993.